The third kappa shape index (κ3) is 2.85. The van der Waals surface area contributed by atoms with E-state index in [0.717, 1.165) is 0 Å². The first-order valence-corrected chi connectivity index (χ1v) is 10.9. The molecule has 3 aliphatic rings. The first-order chi connectivity index (χ1) is 14.9. The second-order valence-corrected chi connectivity index (χ2v) is 9.94. The van der Waals surface area contributed by atoms with Gasteiger partial charge in [-0.15, -0.1) is 0 Å². The highest BCUT2D eigenvalue weighted by Gasteiger charge is 2.81. The molecule has 1 heterocycles. The number of aliphatic hydroxyl groups is 2. The van der Waals surface area contributed by atoms with Crippen LogP contribution in [0.1, 0.15) is 57.3 Å². The molecule has 0 amide bonds. The van der Waals surface area contributed by atoms with Crippen LogP contribution in [0.2, 0.25) is 0 Å². The van der Waals surface area contributed by atoms with Crippen LogP contribution >= 0.6 is 0 Å². The number of fused-ring (bicyclic) bond motifs is 1. The number of ether oxygens (including phenoxy) is 3. The third-order valence-corrected chi connectivity index (χ3v) is 8.41. The Morgan fingerprint density at radius 1 is 1.19 bits per heavy atom. The summed E-state index contributed by atoms with van der Waals surface area (Å²) in [4.78, 5) is 37.2. The van der Waals surface area contributed by atoms with E-state index in [1.807, 2.05) is 6.92 Å². The molecule has 0 aromatic heterocycles. The van der Waals surface area contributed by atoms with E-state index in [9.17, 15) is 24.6 Å². The molecule has 0 radical (unpaired) electrons. The van der Waals surface area contributed by atoms with Crippen LogP contribution in [0.25, 0.3) is 0 Å². The average Bonchev–Trinajstić information content (AvgIpc) is 2.93. The van der Waals surface area contributed by atoms with Crippen molar-refractivity contribution in [1.29, 1.82) is 0 Å². The third-order valence-electron chi connectivity index (χ3n) is 8.41. The van der Waals surface area contributed by atoms with Gasteiger partial charge in [-0.3, -0.25) is 9.59 Å². The van der Waals surface area contributed by atoms with Crippen molar-refractivity contribution in [3.05, 3.63) is 35.9 Å². The molecule has 2 saturated carbocycles. The van der Waals surface area contributed by atoms with Gasteiger partial charge in [-0.05, 0) is 37.8 Å². The molecule has 8 nitrogen and oxygen atoms in total. The van der Waals surface area contributed by atoms with Gasteiger partial charge in [0, 0.05) is 12.3 Å². The highest BCUT2D eigenvalue weighted by Crippen LogP contribution is 2.70. The Kier molecular flexibility index (Phi) is 5.17. The van der Waals surface area contributed by atoms with E-state index in [2.05, 4.69) is 0 Å². The van der Waals surface area contributed by atoms with Crippen LogP contribution in [0.3, 0.4) is 0 Å². The van der Waals surface area contributed by atoms with E-state index in [0.29, 0.717) is 12.0 Å². The number of carbonyl (C=O) groups is 3. The predicted molar refractivity (Wildman–Crippen MR) is 111 cm³/mol. The van der Waals surface area contributed by atoms with Crippen molar-refractivity contribution in [3.63, 3.8) is 0 Å². The molecular weight excluding hydrogens is 416 g/mol. The molecule has 2 N–H and O–H groups in total. The number of hydrogen-bond donors (Lipinski definition) is 2. The second kappa shape index (κ2) is 7.28. The van der Waals surface area contributed by atoms with E-state index >= 15 is 0 Å². The molecule has 2 bridgehead atoms. The Morgan fingerprint density at radius 3 is 2.47 bits per heavy atom. The molecule has 1 saturated heterocycles. The molecule has 174 valence electrons. The Morgan fingerprint density at radius 2 is 1.84 bits per heavy atom. The number of rotatable bonds is 4. The van der Waals surface area contributed by atoms with Gasteiger partial charge in [-0.2, -0.15) is 0 Å². The zero-order chi connectivity index (χ0) is 23.5. The Labute approximate surface area is 186 Å². The monoisotopic (exact) mass is 446 g/mol. The summed E-state index contributed by atoms with van der Waals surface area (Å²) in [5.74, 6) is -1.90. The van der Waals surface area contributed by atoms with Crippen LogP contribution in [-0.2, 0) is 23.8 Å². The predicted octanol–water partition coefficient (Wildman–Crippen LogP) is 2.01. The van der Waals surface area contributed by atoms with E-state index in [-0.39, 0.29) is 25.4 Å². The quantitative estimate of drug-likeness (QED) is 0.533. The molecule has 7 atom stereocenters. The SMILES string of the molecule is CC(=O)O[C@H]1C[C@@H](C)[C@]23CC(=O)O[C@H](C2)[C@](C)(O)[C@@](C)(COC(=O)c2ccccc2)[C@@]13O. The Balaban J connectivity index is 1.80. The van der Waals surface area contributed by atoms with Gasteiger partial charge >= 0.3 is 17.9 Å². The van der Waals surface area contributed by atoms with Crippen molar-refractivity contribution in [2.24, 2.45) is 16.7 Å². The first-order valence-electron chi connectivity index (χ1n) is 10.9. The fourth-order valence-electron chi connectivity index (χ4n) is 6.40. The summed E-state index contributed by atoms with van der Waals surface area (Å²) in [7, 11) is 0. The maximum absolute atomic E-state index is 12.7. The lowest BCUT2D eigenvalue weighted by molar-refractivity contribution is -0.337. The molecule has 8 heteroatoms. The molecule has 32 heavy (non-hydrogen) atoms. The number of hydrogen-bond acceptors (Lipinski definition) is 8. The minimum absolute atomic E-state index is 0.0722. The van der Waals surface area contributed by atoms with Crippen LogP contribution in [0.5, 0.6) is 0 Å². The standard InChI is InChI=1S/C24H30O8/c1-14-10-17(31-15(2)25)24(29)21(3,13-30-20(27)16-8-6-5-7-9-16)22(4,28)18-11-23(14,24)12-19(26)32-18/h5-9,14,17-18,28-29H,10-13H2,1-4H3/t14-,17+,18-,21-,22+,23-,24+/m1/s1. The first kappa shape index (κ1) is 22.7. The minimum Gasteiger partial charge on any atom is -0.461 e. The van der Waals surface area contributed by atoms with E-state index in [4.69, 9.17) is 14.2 Å². The highest BCUT2D eigenvalue weighted by atomic mass is 16.6. The lowest BCUT2D eigenvalue weighted by Crippen LogP contribution is -2.79. The normalized spacial score (nSPS) is 42.6. The molecule has 4 rings (SSSR count). The number of esters is 3. The van der Waals surface area contributed by atoms with Crippen LogP contribution in [0, 0.1) is 16.7 Å². The van der Waals surface area contributed by atoms with Crippen molar-refractivity contribution in [1.82, 2.24) is 0 Å². The van der Waals surface area contributed by atoms with Crippen molar-refractivity contribution in [3.8, 4) is 0 Å². The molecular formula is C24H30O8. The van der Waals surface area contributed by atoms with Gasteiger partial charge in [0.15, 0.2) is 0 Å². The van der Waals surface area contributed by atoms with E-state index < -0.39 is 52.1 Å². The molecule has 2 aliphatic carbocycles. The summed E-state index contributed by atoms with van der Waals surface area (Å²) in [6.07, 6.45) is -1.41. The van der Waals surface area contributed by atoms with Gasteiger partial charge < -0.3 is 24.4 Å². The van der Waals surface area contributed by atoms with E-state index in [1.54, 1.807) is 37.3 Å². The highest BCUT2D eigenvalue weighted by molar-refractivity contribution is 5.89. The van der Waals surface area contributed by atoms with Gasteiger partial charge in [0.2, 0.25) is 0 Å². The van der Waals surface area contributed by atoms with Gasteiger partial charge in [0.25, 0.3) is 0 Å². The molecule has 1 spiro atoms. The summed E-state index contributed by atoms with van der Waals surface area (Å²) >= 11 is 0. The Hall–Kier alpha value is -2.45. The minimum atomic E-state index is -1.83. The summed E-state index contributed by atoms with van der Waals surface area (Å²) in [6, 6.07) is 8.40. The second-order valence-electron chi connectivity index (χ2n) is 9.94. The summed E-state index contributed by atoms with van der Waals surface area (Å²) in [5, 5.41) is 24.1. The molecule has 3 fully saturated rings. The number of benzene rings is 1. The van der Waals surface area contributed by atoms with Gasteiger partial charge in [-0.1, -0.05) is 32.0 Å². The van der Waals surface area contributed by atoms with Crippen molar-refractivity contribution in [2.45, 2.75) is 70.4 Å². The van der Waals surface area contributed by atoms with Crippen molar-refractivity contribution < 1.29 is 38.8 Å². The average molecular weight is 446 g/mol. The zero-order valence-corrected chi connectivity index (χ0v) is 18.8. The van der Waals surface area contributed by atoms with Crippen molar-refractivity contribution >= 4 is 17.9 Å². The van der Waals surface area contributed by atoms with Crippen LogP contribution in [0.4, 0.5) is 0 Å². The summed E-state index contributed by atoms with van der Waals surface area (Å²) in [6.45, 7) is 5.89. The van der Waals surface area contributed by atoms with Gasteiger partial charge in [0.05, 0.1) is 17.4 Å². The molecule has 0 unspecified atom stereocenters. The van der Waals surface area contributed by atoms with E-state index in [1.165, 1.54) is 13.8 Å². The lowest BCUT2D eigenvalue weighted by Gasteiger charge is -2.66. The van der Waals surface area contributed by atoms with Crippen molar-refractivity contribution in [2.75, 3.05) is 6.61 Å². The topological polar surface area (TPSA) is 119 Å². The van der Waals surface area contributed by atoms with Gasteiger partial charge in [-0.25, -0.2) is 4.79 Å². The largest absolute Gasteiger partial charge is 0.461 e. The maximum Gasteiger partial charge on any atom is 0.338 e. The molecule has 1 aliphatic heterocycles. The van der Waals surface area contributed by atoms with Crippen LogP contribution in [0.15, 0.2) is 30.3 Å². The fraction of sp³-hybridized carbons (Fsp3) is 0.625. The summed E-state index contributed by atoms with van der Waals surface area (Å²) < 4.78 is 16.7. The molecule has 1 aromatic rings. The van der Waals surface area contributed by atoms with Crippen LogP contribution in [-0.4, -0.2) is 58.1 Å². The maximum atomic E-state index is 12.7. The fourth-order valence-corrected chi connectivity index (χ4v) is 6.40. The Bertz CT molecular complexity index is 943. The van der Waals surface area contributed by atoms with Crippen LogP contribution < -0.4 is 0 Å². The number of carbonyl (C=O) groups excluding carboxylic acids is 3. The summed E-state index contributed by atoms with van der Waals surface area (Å²) in [5.41, 5.74) is -5.76. The molecule has 1 aromatic carbocycles. The smallest absolute Gasteiger partial charge is 0.338 e. The lowest BCUT2D eigenvalue weighted by atomic mass is 9.44. The zero-order valence-electron chi connectivity index (χ0n) is 18.8. The van der Waals surface area contributed by atoms with Gasteiger partial charge in [0.1, 0.15) is 30.0 Å².